The van der Waals surface area contributed by atoms with E-state index in [2.05, 4.69) is 15.6 Å². The van der Waals surface area contributed by atoms with Gasteiger partial charge in [-0.15, -0.1) is 0 Å². The first kappa shape index (κ1) is 17.2. The van der Waals surface area contributed by atoms with E-state index in [1.54, 1.807) is 0 Å². The minimum Gasteiger partial charge on any atom is -0.376 e. The fourth-order valence-electron chi connectivity index (χ4n) is 2.51. The van der Waals surface area contributed by atoms with Gasteiger partial charge in [0.2, 0.25) is 0 Å². The van der Waals surface area contributed by atoms with Crippen LogP contribution in [-0.2, 0) is 4.74 Å². The van der Waals surface area contributed by atoms with Crippen LogP contribution in [-0.4, -0.2) is 30.1 Å². The Morgan fingerprint density at radius 1 is 1.24 bits per heavy atom. The van der Waals surface area contributed by atoms with Gasteiger partial charge in [-0.25, -0.2) is 18.2 Å². The zero-order valence-electron chi connectivity index (χ0n) is 13.2. The van der Waals surface area contributed by atoms with Crippen molar-refractivity contribution in [3.8, 4) is 0 Å². The van der Waals surface area contributed by atoms with Crippen molar-refractivity contribution < 1.29 is 22.7 Å². The first-order valence-corrected chi connectivity index (χ1v) is 7.81. The van der Waals surface area contributed by atoms with Gasteiger partial charge in [0.05, 0.1) is 11.8 Å². The molecule has 8 heteroatoms. The predicted molar refractivity (Wildman–Crippen MR) is 85.1 cm³/mol. The van der Waals surface area contributed by atoms with Crippen LogP contribution in [0.3, 0.4) is 0 Å². The van der Waals surface area contributed by atoms with Crippen LogP contribution >= 0.6 is 0 Å². The van der Waals surface area contributed by atoms with Crippen molar-refractivity contribution in [2.75, 3.05) is 18.5 Å². The van der Waals surface area contributed by atoms with Gasteiger partial charge in [0.25, 0.3) is 5.91 Å². The van der Waals surface area contributed by atoms with Gasteiger partial charge in [0, 0.05) is 24.9 Å². The van der Waals surface area contributed by atoms with E-state index < -0.39 is 17.5 Å². The molecular weight excluding hydrogens is 335 g/mol. The molecule has 0 radical (unpaired) electrons. The number of ether oxygens (including phenoxy) is 1. The molecule has 1 aliphatic rings. The fraction of sp³-hybridized carbons (Fsp3) is 0.294. The van der Waals surface area contributed by atoms with Crippen LogP contribution in [0.1, 0.15) is 23.2 Å². The number of halogens is 3. The number of amides is 1. The zero-order valence-corrected chi connectivity index (χ0v) is 13.2. The summed E-state index contributed by atoms with van der Waals surface area (Å²) in [7, 11) is 0. The van der Waals surface area contributed by atoms with E-state index in [1.807, 2.05) is 0 Å². The van der Waals surface area contributed by atoms with Crippen LogP contribution in [0.25, 0.3) is 0 Å². The third-order valence-corrected chi connectivity index (χ3v) is 3.83. The lowest BCUT2D eigenvalue weighted by Crippen LogP contribution is -2.31. The number of nitrogens with one attached hydrogen (secondary N) is 2. The van der Waals surface area contributed by atoms with Crippen LogP contribution in [0, 0.1) is 17.5 Å². The topological polar surface area (TPSA) is 63.2 Å². The van der Waals surface area contributed by atoms with Crippen molar-refractivity contribution in [1.82, 2.24) is 10.3 Å². The second kappa shape index (κ2) is 7.52. The Balaban J connectivity index is 1.68. The molecule has 25 heavy (non-hydrogen) atoms. The van der Waals surface area contributed by atoms with E-state index in [9.17, 15) is 18.0 Å². The first-order chi connectivity index (χ1) is 12.0. The van der Waals surface area contributed by atoms with Gasteiger partial charge in [-0.3, -0.25) is 4.79 Å². The maximum atomic E-state index is 13.7. The summed E-state index contributed by atoms with van der Waals surface area (Å²) in [6.07, 6.45) is 3.25. The number of nitrogens with zero attached hydrogens (tertiary/aromatic N) is 1. The lowest BCUT2D eigenvalue weighted by molar-refractivity contribution is 0.0857. The summed E-state index contributed by atoms with van der Waals surface area (Å²) in [4.78, 5) is 16.1. The van der Waals surface area contributed by atoms with E-state index >= 15 is 0 Å². The molecule has 5 nitrogen and oxygen atoms in total. The molecule has 1 saturated heterocycles. The summed E-state index contributed by atoms with van der Waals surface area (Å²) in [5, 5.41) is 5.29. The minimum absolute atomic E-state index is 0.0136. The summed E-state index contributed by atoms with van der Waals surface area (Å²) in [6.45, 7) is 1.10. The van der Waals surface area contributed by atoms with Gasteiger partial charge in [-0.1, -0.05) is 0 Å². The third-order valence-electron chi connectivity index (χ3n) is 3.83. The van der Waals surface area contributed by atoms with E-state index in [-0.39, 0.29) is 23.5 Å². The largest absolute Gasteiger partial charge is 0.376 e. The maximum absolute atomic E-state index is 13.7. The van der Waals surface area contributed by atoms with Crippen LogP contribution in [0.2, 0.25) is 0 Å². The Kier molecular flexibility index (Phi) is 5.18. The van der Waals surface area contributed by atoms with E-state index in [0.717, 1.165) is 25.0 Å². The number of hydrogen-bond donors (Lipinski definition) is 2. The second-order valence-electron chi connectivity index (χ2n) is 5.62. The molecule has 1 atom stereocenters. The molecule has 1 aromatic carbocycles. The second-order valence-corrected chi connectivity index (χ2v) is 5.62. The van der Waals surface area contributed by atoms with Crippen molar-refractivity contribution in [1.29, 1.82) is 0 Å². The van der Waals surface area contributed by atoms with Gasteiger partial charge in [-0.05, 0) is 37.1 Å². The molecule has 132 valence electrons. The number of carbonyl (C=O) groups excluding carboxylic acids is 1. The van der Waals surface area contributed by atoms with E-state index in [1.165, 1.54) is 18.3 Å². The summed E-state index contributed by atoms with van der Waals surface area (Å²) >= 11 is 0. The molecule has 0 saturated carbocycles. The molecule has 0 spiro atoms. The number of carbonyl (C=O) groups is 1. The fourth-order valence-corrected chi connectivity index (χ4v) is 2.51. The van der Waals surface area contributed by atoms with Crippen molar-refractivity contribution in [3.63, 3.8) is 0 Å². The molecule has 2 aromatic rings. The Labute approximate surface area is 142 Å². The Morgan fingerprint density at radius 2 is 2.08 bits per heavy atom. The van der Waals surface area contributed by atoms with Crippen LogP contribution < -0.4 is 10.6 Å². The summed E-state index contributed by atoms with van der Waals surface area (Å²) in [5.41, 5.74) is 0.0294. The molecule has 0 bridgehead atoms. The monoisotopic (exact) mass is 351 g/mol. The lowest BCUT2D eigenvalue weighted by Gasteiger charge is -2.12. The summed E-state index contributed by atoms with van der Waals surface area (Å²) < 4.78 is 45.4. The van der Waals surface area contributed by atoms with Crippen molar-refractivity contribution in [2.45, 2.75) is 18.9 Å². The van der Waals surface area contributed by atoms with Crippen molar-refractivity contribution >= 4 is 17.4 Å². The highest BCUT2D eigenvalue weighted by atomic mass is 19.2. The number of pyridine rings is 1. The Hall–Kier alpha value is -2.61. The van der Waals surface area contributed by atoms with Gasteiger partial charge < -0.3 is 15.4 Å². The predicted octanol–water partition coefficient (Wildman–Crippen LogP) is 3.15. The molecule has 1 aliphatic heterocycles. The van der Waals surface area contributed by atoms with Gasteiger partial charge in [0.1, 0.15) is 5.82 Å². The summed E-state index contributed by atoms with van der Waals surface area (Å²) in [5.74, 6) is -4.40. The number of rotatable bonds is 5. The summed E-state index contributed by atoms with van der Waals surface area (Å²) in [6, 6.07) is 4.75. The lowest BCUT2D eigenvalue weighted by atomic mass is 10.2. The van der Waals surface area contributed by atoms with Crippen LogP contribution in [0.15, 0.2) is 30.5 Å². The quantitative estimate of drug-likeness (QED) is 0.813. The molecular formula is C17H16F3N3O2. The molecule has 0 aliphatic carbocycles. The molecule has 1 aromatic heterocycles. The van der Waals surface area contributed by atoms with Gasteiger partial charge in [-0.2, -0.15) is 0 Å². The van der Waals surface area contributed by atoms with E-state index in [4.69, 9.17) is 4.74 Å². The average Bonchev–Trinajstić information content (AvgIpc) is 3.14. The highest BCUT2D eigenvalue weighted by molar-refractivity contribution is 5.94. The first-order valence-electron chi connectivity index (χ1n) is 7.81. The van der Waals surface area contributed by atoms with Gasteiger partial charge >= 0.3 is 0 Å². The normalized spacial score (nSPS) is 16.7. The number of benzene rings is 1. The Bertz CT molecular complexity index is 780. The molecule has 1 amide bonds. The smallest absolute Gasteiger partial charge is 0.251 e. The average molecular weight is 351 g/mol. The highest BCUT2D eigenvalue weighted by Gasteiger charge is 2.17. The molecule has 2 N–H and O–H groups in total. The molecule has 2 heterocycles. The highest BCUT2D eigenvalue weighted by Crippen LogP contribution is 2.23. The number of anilines is 2. The van der Waals surface area contributed by atoms with Crippen molar-refractivity contribution in [2.24, 2.45) is 0 Å². The molecule has 1 fully saturated rings. The van der Waals surface area contributed by atoms with Gasteiger partial charge in [0.15, 0.2) is 17.5 Å². The zero-order chi connectivity index (χ0) is 17.8. The third kappa shape index (κ3) is 4.08. The molecule has 3 rings (SSSR count). The number of aromatic nitrogens is 1. The van der Waals surface area contributed by atoms with Crippen molar-refractivity contribution in [3.05, 3.63) is 53.5 Å². The number of hydrogen-bond acceptors (Lipinski definition) is 4. The minimum atomic E-state index is -1.57. The maximum Gasteiger partial charge on any atom is 0.251 e. The Morgan fingerprint density at radius 3 is 2.84 bits per heavy atom. The van der Waals surface area contributed by atoms with E-state index in [0.29, 0.717) is 18.7 Å². The SMILES string of the molecule is O=C(NCC1CCCO1)c1ccnc(Nc2ccc(F)c(F)c2F)c1. The molecule has 1 unspecified atom stereocenters. The van der Waals surface area contributed by atoms with Crippen LogP contribution in [0.5, 0.6) is 0 Å². The standard InChI is InChI=1S/C17H16F3N3O2/c18-12-3-4-13(16(20)15(12)19)23-14-8-10(5-6-21-14)17(24)22-9-11-2-1-7-25-11/h3-6,8,11H,1-2,7,9H2,(H,21,23)(H,22,24). The van der Waals surface area contributed by atoms with Crippen LogP contribution in [0.4, 0.5) is 24.7 Å².